The maximum atomic E-state index is 10.4. The highest BCUT2D eigenvalue weighted by atomic mass is 16.4. The first kappa shape index (κ1) is 15.2. The lowest BCUT2D eigenvalue weighted by molar-refractivity contribution is -0.137. The predicted molar refractivity (Wildman–Crippen MR) is 84.1 cm³/mol. The van der Waals surface area contributed by atoms with Gasteiger partial charge in [0, 0.05) is 18.2 Å². The van der Waals surface area contributed by atoms with Crippen molar-refractivity contribution in [3.63, 3.8) is 0 Å². The summed E-state index contributed by atoms with van der Waals surface area (Å²) in [5.41, 5.74) is 3.48. The molecule has 0 saturated carbocycles. The quantitative estimate of drug-likeness (QED) is 0.734. The Labute approximate surface area is 125 Å². The second kappa shape index (κ2) is 8.20. The molecule has 0 unspecified atom stereocenters. The van der Waals surface area contributed by atoms with Gasteiger partial charge in [0.25, 0.3) is 0 Å². The second-order valence-corrected chi connectivity index (χ2v) is 5.19. The average Bonchev–Trinajstić information content (AvgIpc) is 2.52. The molecule has 1 N–H and O–H groups in total. The van der Waals surface area contributed by atoms with E-state index in [9.17, 15) is 4.79 Å². The van der Waals surface area contributed by atoms with Gasteiger partial charge in [-0.3, -0.25) is 9.78 Å². The fourth-order valence-corrected chi connectivity index (χ4v) is 2.44. The topological polar surface area (TPSA) is 50.2 Å². The lowest BCUT2D eigenvalue weighted by Crippen LogP contribution is -1.95. The van der Waals surface area contributed by atoms with Crippen LogP contribution >= 0.6 is 0 Å². The number of aromatic nitrogens is 1. The molecule has 1 aromatic heterocycles. The molecule has 0 saturated heterocycles. The van der Waals surface area contributed by atoms with E-state index in [2.05, 4.69) is 23.2 Å². The molecule has 0 aliphatic rings. The van der Waals surface area contributed by atoms with Crippen molar-refractivity contribution < 1.29 is 9.90 Å². The van der Waals surface area contributed by atoms with Crippen molar-refractivity contribution in [2.24, 2.45) is 0 Å². The number of benzene rings is 1. The van der Waals surface area contributed by atoms with E-state index in [-0.39, 0.29) is 6.42 Å². The molecule has 21 heavy (non-hydrogen) atoms. The largest absolute Gasteiger partial charge is 0.481 e. The summed E-state index contributed by atoms with van der Waals surface area (Å²) in [7, 11) is 0. The molecule has 0 atom stereocenters. The van der Waals surface area contributed by atoms with Crippen LogP contribution in [-0.2, 0) is 11.2 Å². The Morgan fingerprint density at radius 2 is 1.71 bits per heavy atom. The van der Waals surface area contributed by atoms with E-state index in [4.69, 9.17) is 5.11 Å². The lowest BCUT2D eigenvalue weighted by atomic mass is 10.0. The third kappa shape index (κ3) is 5.03. The lowest BCUT2D eigenvalue weighted by Gasteiger charge is -2.08. The second-order valence-electron chi connectivity index (χ2n) is 5.19. The van der Waals surface area contributed by atoms with E-state index in [1.165, 1.54) is 5.56 Å². The maximum Gasteiger partial charge on any atom is 0.303 e. The van der Waals surface area contributed by atoms with Crippen molar-refractivity contribution in [3.05, 3.63) is 54.2 Å². The van der Waals surface area contributed by atoms with Gasteiger partial charge in [0.1, 0.15) is 0 Å². The maximum absolute atomic E-state index is 10.4. The summed E-state index contributed by atoms with van der Waals surface area (Å²) in [4.78, 5) is 15.0. The monoisotopic (exact) mass is 283 g/mol. The highest BCUT2D eigenvalue weighted by molar-refractivity contribution is 5.66. The van der Waals surface area contributed by atoms with Gasteiger partial charge in [0.2, 0.25) is 0 Å². The number of hydrogen-bond acceptors (Lipinski definition) is 2. The Balaban J connectivity index is 1.88. The van der Waals surface area contributed by atoms with Crippen molar-refractivity contribution in [1.82, 2.24) is 4.98 Å². The van der Waals surface area contributed by atoms with Gasteiger partial charge in [-0.1, -0.05) is 49.2 Å². The van der Waals surface area contributed by atoms with Crippen LogP contribution in [0.2, 0.25) is 0 Å². The number of rotatable bonds is 8. The number of carboxylic acid groups (broad SMARTS) is 1. The summed E-state index contributed by atoms with van der Waals surface area (Å²) in [6.45, 7) is 0. The first-order chi connectivity index (χ1) is 10.3. The number of unbranched alkanes of at least 4 members (excludes halogenated alkanes) is 3. The van der Waals surface area contributed by atoms with E-state index < -0.39 is 5.97 Å². The van der Waals surface area contributed by atoms with Crippen LogP contribution in [-0.4, -0.2) is 16.1 Å². The number of hydrogen-bond donors (Lipinski definition) is 1. The molecule has 1 aromatic carbocycles. The van der Waals surface area contributed by atoms with Crippen molar-refractivity contribution in [2.75, 3.05) is 0 Å². The minimum absolute atomic E-state index is 0.280. The van der Waals surface area contributed by atoms with Gasteiger partial charge in [0.15, 0.2) is 0 Å². The SMILES string of the molecule is O=C(O)CCCCCCc1cccnc1-c1ccccc1. The number of carboxylic acids is 1. The Morgan fingerprint density at radius 1 is 0.952 bits per heavy atom. The molecule has 0 aliphatic carbocycles. The van der Waals surface area contributed by atoms with Crippen LogP contribution in [0.4, 0.5) is 0 Å². The number of pyridine rings is 1. The Kier molecular flexibility index (Phi) is 5.95. The van der Waals surface area contributed by atoms with Crippen LogP contribution in [0, 0.1) is 0 Å². The molecule has 3 heteroatoms. The molecule has 0 fully saturated rings. The number of aryl methyl sites for hydroxylation is 1. The van der Waals surface area contributed by atoms with Crippen LogP contribution < -0.4 is 0 Å². The molecule has 3 nitrogen and oxygen atoms in total. The minimum Gasteiger partial charge on any atom is -0.481 e. The van der Waals surface area contributed by atoms with Crippen molar-refractivity contribution in [2.45, 2.75) is 38.5 Å². The van der Waals surface area contributed by atoms with Gasteiger partial charge >= 0.3 is 5.97 Å². The normalized spacial score (nSPS) is 10.5. The van der Waals surface area contributed by atoms with Crippen LogP contribution in [0.5, 0.6) is 0 Å². The molecule has 110 valence electrons. The molecule has 2 aromatic rings. The first-order valence-electron chi connectivity index (χ1n) is 7.48. The van der Waals surface area contributed by atoms with E-state index in [0.29, 0.717) is 0 Å². The predicted octanol–water partition coefficient (Wildman–Crippen LogP) is 4.33. The average molecular weight is 283 g/mol. The molecule has 2 rings (SSSR count). The fourth-order valence-electron chi connectivity index (χ4n) is 2.44. The third-order valence-corrected chi connectivity index (χ3v) is 3.53. The summed E-state index contributed by atoms with van der Waals surface area (Å²) < 4.78 is 0. The highest BCUT2D eigenvalue weighted by Gasteiger charge is 2.05. The smallest absolute Gasteiger partial charge is 0.303 e. The Morgan fingerprint density at radius 3 is 2.48 bits per heavy atom. The number of carbonyl (C=O) groups is 1. The fraction of sp³-hybridized carbons (Fsp3) is 0.333. The van der Waals surface area contributed by atoms with E-state index in [1.54, 1.807) is 0 Å². The van der Waals surface area contributed by atoms with E-state index >= 15 is 0 Å². The van der Waals surface area contributed by atoms with Crippen molar-refractivity contribution in [1.29, 1.82) is 0 Å². The molecule has 0 radical (unpaired) electrons. The molecule has 0 amide bonds. The van der Waals surface area contributed by atoms with Gasteiger partial charge in [-0.15, -0.1) is 0 Å². The van der Waals surface area contributed by atoms with Gasteiger partial charge in [0.05, 0.1) is 5.69 Å². The summed E-state index contributed by atoms with van der Waals surface area (Å²) in [6.07, 6.45) is 6.99. The number of nitrogens with zero attached hydrogens (tertiary/aromatic N) is 1. The zero-order valence-electron chi connectivity index (χ0n) is 12.2. The van der Waals surface area contributed by atoms with Crippen LogP contribution in [0.1, 0.15) is 37.7 Å². The van der Waals surface area contributed by atoms with Gasteiger partial charge in [-0.2, -0.15) is 0 Å². The molecule has 1 heterocycles. The van der Waals surface area contributed by atoms with Gasteiger partial charge < -0.3 is 5.11 Å². The van der Waals surface area contributed by atoms with Crippen LogP contribution in [0.25, 0.3) is 11.3 Å². The Hall–Kier alpha value is -2.16. The Bertz CT molecular complexity index is 566. The van der Waals surface area contributed by atoms with Crippen LogP contribution in [0.3, 0.4) is 0 Å². The third-order valence-electron chi connectivity index (χ3n) is 3.53. The summed E-state index contributed by atoms with van der Waals surface area (Å²) in [5, 5.41) is 8.60. The standard InChI is InChI=1S/C18H21NO2/c20-17(21)13-7-2-1-4-9-16-12-8-14-19-18(16)15-10-5-3-6-11-15/h3,5-6,8,10-12,14H,1-2,4,7,9,13H2,(H,20,21). The van der Waals surface area contributed by atoms with Crippen molar-refractivity contribution >= 4 is 5.97 Å². The zero-order valence-corrected chi connectivity index (χ0v) is 12.2. The molecular formula is C18H21NO2. The zero-order chi connectivity index (χ0) is 14.9. The van der Waals surface area contributed by atoms with E-state index in [0.717, 1.165) is 43.4 Å². The summed E-state index contributed by atoms with van der Waals surface area (Å²) in [6, 6.07) is 14.3. The first-order valence-corrected chi connectivity index (χ1v) is 7.48. The molecular weight excluding hydrogens is 262 g/mol. The highest BCUT2D eigenvalue weighted by Crippen LogP contribution is 2.22. The molecule has 0 bridgehead atoms. The minimum atomic E-state index is -0.700. The van der Waals surface area contributed by atoms with Crippen LogP contribution in [0.15, 0.2) is 48.7 Å². The van der Waals surface area contributed by atoms with Gasteiger partial charge in [-0.05, 0) is 30.9 Å². The summed E-state index contributed by atoms with van der Waals surface area (Å²) >= 11 is 0. The number of aliphatic carboxylic acids is 1. The molecule has 0 spiro atoms. The van der Waals surface area contributed by atoms with Gasteiger partial charge in [-0.25, -0.2) is 0 Å². The molecule has 0 aliphatic heterocycles. The van der Waals surface area contributed by atoms with E-state index in [1.807, 2.05) is 30.5 Å². The summed E-state index contributed by atoms with van der Waals surface area (Å²) in [5.74, 6) is -0.700. The van der Waals surface area contributed by atoms with Crippen molar-refractivity contribution in [3.8, 4) is 11.3 Å².